The molecule has 4 rings (SSSR count). The van der Waals surface area contributed by atoms with Crippen molar-refractivity contribution in [3.8, 4) is 22.8 Å². The zero-order chi connectivity index (χ0) is 17.2. The van der Waals surface area contributed by atoms with Gasteiger partial charge in [0.15, 0.2) is 5.76 Å². The maximum Gasteiger partial charge on any atom is 0.226 e. The van der Waals surface area contributed by atoms with Crippen LogP contribution in [0.1, 0.15) is 6.92 Å². The van der Waals surface area contributed by atoms with Gasteiger partial charge in [0.1, 0.15) is 11.5 Å². The fourth-order valence-electron chi connectivity index (χ4n) is 3.18. The molecule has 7 nitrogen and oxygen atoms in total. The Kier molecular flexibility index (Phi) is 5.58. The van der Waals surface area contributed by atoms with Crippen LogP contribution in [0, 0.1) is 0 Å². The van der Waals surface area contributed by atoms with Crippen molar-refractivity contribution < 1.29 is 4.42 Å². The molecule has 0 amide bonds. The van der Waals surface area contributed by atoms with Gasteiger partial charge in [0.05, 0.1) is 11.8 Å². The van der Waals surface area contributed by atoms with E-state index < -0.39 is 0 Å². The van der Waals surface area contributed by atoms with Gasteiger partial charge < -0.3 is 18.8 Å². The van der Waals surface area contributed by atoms with E-state index in [1.54, 1.807) is 12.5 Å². The number of rotatable bonds is 4. The number of halogens is 1. The topological polar surface area (TPSA) is 63.2 Å². The molecule has 0 N–H and O–H groups in total. The van der Waals surface area contributed by atoms with Crippen LogP contribution in [0.4, 0.5) is 5.95 Å². The summed E-state index contributed by atoms with van der Waals surface area (Å²) in [4.78, 5) is 18.6. The predicted octanol–water partition coefficient (Wildman–Crippen LogP) is 2.70. The number of hydrogen-bond donors (Lipinski definition) is 0. The van der Waals surface area contributed by atoms with Crippen molar-refractivity contribution in [2.45, 2.75) is 6.92 Å². The lowest BCUT2D eigenvalue weighted by Gasteiger charge is -2.34. The molecule has 3 aromatic heterocycles. The highest BCUT2D eigenvalue weighted by atomic mass is 35.5. The minimum absolute atomic E-state index is 0. The fourth-order valence-corrected chi connectivity index (χ4v) is 3.18. The quantitative estimate of drug-likeness (QED) is 0.699. The molecule has 0 unspecified atom stereocenters. The first-order valence-electron chi connectivity index (χ1n) is 8.62. The van der Waals surface area contributed by atoms with Gasteiger partial charge in [-0.1, -0.05) is 6.92 Å². The number of anilines is 1. The first-order chi connectivity index (χ1) is 12.3. The largest absolute Gasteiger partial charge is 0.463 e. The Morgan fingerprint density at radius 2 is 1.96 bits per heavy atom. The molecule has 1 fully saturated rings. The molecule has 3 aromatic rings. The molecule has 0 aliphatic carbocycles. The maximum absolute atomic E-state index is 5.62. The number of aryl methyl sites for hydroxylation is 1. The van der Waals surface area contributed by atoms with Gasteiger partial charge in [0.25, 0.3) is 0 Å². The Balaban J connectivity index is 0.00000196. The van der Waals surface area contributed by atoms with Crippen molar-refractivity contribution in [3.05, 3.63) is 37.0 Å². The van der Waals surface area contributed by atoms with Gasteiger partial charge in [-0.2, -0.15) is 0 Å². The van der Waals surface area contributed by atoms with E-state index in [2.05, 4.69) is 26.7 Å². The lowest BCUT2D eigenvalue weighted by molar-refractivity contribution is 0.270. The van der Waals surface area contributed by atoms with Crippen LogP contribution in [0.25, 0.3) is 22.8 Å². The number of hydrogen-bond acceptors (Lipinski definition) is 6. The van der Waals surface area contributed by atoms with E-state index >= 15 is 0 Å². The molecular formula is C18H23ClN6O. The SMILES string of the molecule is CCN1CCN(c2ncc(-c3nccn3C)c(-c3ccco3)n2)CC1.Cl. The van der Waals surface area contributed by atoms with E-state index in [1.807, 2.05) is 36.1 Å². The van der Waals surface area contributed by atoms with Crippen LogP contribution in [0.3, 0.4) is 0 Å². The summed E-state index contributed by atoms with van der Waals surface area (Å²) in [5.41, 5.74) is 1.65. The normalized spacial score (nSPS) is 15.1. The van der Waals surface area contributed by atoms with Crippen molar-refractivity contribution in [2.75, 3.05) is 37.6 Å². The molecule has 26 heavy (non-hydrogen) atoms. The van der Waals surface area contributed by atoms with Crippen molar-refractivity contribution in [1.29, 1.82) is 0 Å². The highest BCUT2D eigenvalue weighted by molar-refractivity contribution is 5.85. The Morgan fingerprint density at radius 3 is 2.58 bits per heavy atom. The molecule has 0 aromatic carbocycles. The van der Waals surface area contributed by atoms with Crippen molar-refractivity contribution >= 4 is 18.4 Å². The van der Waals surface area contributed by atoms with Crippen molar-refractivity contribution in [2.24, 2.45) is 7.05 Å². The average molecular weight is 375 g/mol. The number of piperazine rings is 1. The molecule has 1 aliphatic heterocycles. The summed E-state index contributed by atoms with van der Waals surface area (Å²) in [6.07, 6.45) is 7.21. The summed E-state index contributed by atoms with van der Waals surface area (Å²) in [5, 5.41) is 0. The van der Waals surface area contributed by atoms with E-state index in [9.17, 15) is 0 Å². The van der Waals surface area contributed by atoms with Gasteiger partial charge in [0.2, 0.25) is 5.95 Å². The Labute approximate surface area is 159 Å². The second-order valence-corrected chi connectivity index (χ2v) is 6.19. The van der Waals surface area contributed by atoms with E-state index in [4.69, 9.17) is 9.40 Å². The highest BCUT2D eigenvalue weighted by Gasteiger charge is 2.21. The first kappa shape index (κ1) is 18.4. The highest BCUT2D eigenvalue weighted by Crippen LogP contribution is 2.30. The number of aromatic nitrogens is 4. The number of likely N-dealkylation sites (N-methyl/N-ethyl adjacent to an activating group) is 1. The van der Waals surface area contributed by atoms with E-state index in [-0.39, 0.29) is 12.4 Å². The monoisotopic (exact) mass is 374 g/mol. The molecule has 0 radical (unpaired) electrons. The zero-order valence-corrected chi connectivity index (χ0v) is 15.8. The second-order valence-electron chi connectivity index (χ2n) is 6.19. The molecular weight excluding hydrogens is 352 g/mol. The summed E-state index contributed by atoms with van der Waals surface area (Å²) in [6.45, 7) is 7.24. The smallest absolute Gasteiger partial charge is 0.226 e. The molecule has 0 atom stereocenters. The third-order valence-electron chi connectivity index (χ3n) is 4.70. The average Bonchev–Trinajstić information content (AvgIpc) is 3.33. The second kappa shape index (κ2) is 7.88. The van der Waals surface area contributed by atoms with Crippen LogP contribution in [-0.2, 0) is 7.05 Å². The molecule has 138 valence electrons. The van der Waals surface area contributed by atoms with E-state index in [0.717, 1.165) is 61.5 Å². The molecule has 0 spiro atoms. The zero-order valence-electron chi connectivity index (χ0n) is 15.0. The standard InChI is InChI=1S/C18H22N6O.ClH/c1-3-23-8-10-24(11-9-23)18-20-13-14(17-19-6-7-22(17)2)16(21-18)15-5-4-12-25-15;/h4-7,12-13H,3,8-11H2,1-2H3;1H. The van der Waals surface area contributed by atoms with Crippen LogP contribution in [0.15, 0.2) is 41.4 Å². The number of furan rings is 1. The van der Waals surface area contributed by atoms with Gasteiger partial charge >= 0.3 is 0 Å². The molecule has 4 heterocycles. The third-order valence-corrected chi connectivity index (χ3v) is 4.70. The van der Waals surface area contributed by atoms with Crippen LogP contribution < -0.4 is 4.90 Å². The molecule has 1 aliphatic rings. The molecule has 1 saturated heterocycles. The van der Waals surface area contributed by atoms with Gasteiger partial charge in [-0.3, -0.25) is 0 Å². The summed E-state index contributed by atoms with van der Waals surface area (Å²) >= 11 is 0. The van der Waals surface area contributed by atoms with Gasteiger partial charge in [-0.25, -0.2) is 15.0 Å². The van der Waals surface area contributed by atoms with Crippen LogP contribution >= 0.6 is 12.4 Å². The Morgan fingerprint density at radius 1 is 1.15 bits per heavy atom. The van der Waals surface area contributed by atoms with E-state index in [1.165, 1.54) is 0 Å². The van der Waals surface area contributed by atoms with Crippen LogP contribution in [-0.4, -0.2) is 57.1 Å². The van der Waals surface area contributed by atoms with Gasteiger partial charge in [0, 0.05) is 51.8 Å². The lowest BCUT2D eigenvalue weighted by atomic mass is 10.1. The number of nitrogens with zero attached hydrogens (tertiary/aromatic N) is 6. The summed E-state index contributed by atoms with van der Waals surface area (Å²) < 4.78 is 7.58. The van der Waals surface area contributed by atoms with Crippen LogP contribution in [0.2, 0.25) is 0 Å². The number of imidazole rings is 1. The fraction of sp³-hybridized carbons (Fsp3) is 0.389. The van der Waals surface area contributed by atoms with Crippen LogP contribution in [0.5, 0.6) is 0 Å². The van der Waals surface area contributed by atoms with Gasteiger partial charge in [-0.05, 0) is 18.7 Å². The molecule has 8 heteroatoms. The van der Waals surface area contributed by atoms with Crippen molar-refractivity contribution in [3.63, 3.8) is 0 Å². The maximum atomic E-state index is 5.62. The third kappa shape index (κ3) is 3.45. The molecule has 0 saturated carbocycles. The summed E-state index contributed by atoms with van der Waals surface area (Å²) in [6, 6.07) is 3.80. The lowest BCUT2D eigenvalue weighted by Crippen LogP contribution is -2.46. The molecule has 0 bridgehead atoms. The minimum atomic E-state index is 0. The minimum Gasteiger partial charge on any atom is -0.463 e. The van der Waals surface area contributed by atoms with Crippen molar-refractivity contribution in [1.82, 2.24) is 24.4 Å². The Bertz CT molecular complexity index is 839. The predicted molar refractivity (Wildman–Crippen MR) is 104 cm³/mol. The van der Waals surface area contributed by atoms with Gasteiger partial charge in [-0.15, -0.1) is 12.4 Å². The first-order valence-corrected chi connectivity index (χ1v) is 8.62. The summed E-state index contributed by atoms with van der Waals surface area (Å²) in [5.74, 6) is 2.31. The van der Waals surface area contributed by atoms with E-state index in [0.29, 0.717) is 0 Å². The summed E-state index contributed by atoms with van der Waals surface area (Å²) in [7, 11) is 1.96. The Hall–Kier alpha value is -2.38.